The smallest absolute Gasteiger partial charge is 0.224 e. The lowest BCUT2D eigenvalue weighted by molar-refractivity contribution is -0.130. The van der Waals surface area contributed by atoms with Crippen molar-refractivity contribution in [3.8, 4) is 0 Å². The highest BCUT2D eigenvalue weighted by Gasteiger charge is 2.09. The Kier molecular flexibility index (Phi) is 4.55. The van der Waals surface area contributed by atoms with Gasteiger partial charge in [0.25, 0.3) is 0 Å². The Morgan fingerprint density at radius 2 is 2.16 bits per heavy atom. The molecule has 4 heteroatoms. The minimum absolute atomic E-state index is 0.200. The van der Waals surface area contributed by atoms with Gasteiger partial charge in [-0.3, -0.25) is 4.79 Å². The lowest BCUT2D eigenvalue weighted by Gasteiger charge is -2.16. The van der Waals surface area contributed by atoms with E-state index in [2.05, 4.69) is 11.9 Å². The average molecular weight is 259 g/mol. The first-order valence-electron chi connectivity index (χ1n) is 6.86. The van der Waals surface area contributed by atoms with E-state index in [0.717, 1.165) is 30.4 Å². The minimum atomic E-state index is 0.200. The fraction of sp³-hybridized carbons (Fsp3) is 0.467. The number of aromatic nitrogens is 2. The van der Waals surface area contributed by atoms with Crippen LogP contribution in [0, 0.1) is 0 Å². The predicted molar refractivity (Wildman–Crippen MR) is 76.9 cm³/mol. The lowest BCUT2D eigenvalue weighted by atomic mass is 10.3. The molecule has 0 N–H and O–H groups in total. The Labute approximate surface area is 114 Å². The number of unbranched alkanes of at least 4 members (excludes halogenated alkanes) is 1. The number of rotatable bonds is 6. The van der Waals surface area contributed by atoms with Crippen molar-refractivity contribution in [2.75, 3.05) is 13.6 Å². The van der Waals surface area contributed by atoms with Crippen LogP contribution in [0.25, 0.3) is 11.0 Å². The molecule has 0 saturated heterocycles. The number of carbonyl (C=O) groups is 1. The molecule has 2 aromatic rings. The molecule has 0 saturated carbocycles. The Morgan fingerprint density at radius 3 is 2.95 bits per heavy atom. The molecular weight excluding hydrogens is 238 g/mol. The maximum absolute atomic E-state index is 12.0. The number of para-hydroxylation sites is 2. The summed E-state index contributed by atoms with van der Waals surface area (Å²) in [5.41, 5.74) is 2.07. The number of nitrogens with zero attached hydrogens (tertiary/aromatic N) is 3. The van der Waals surface area contributed by atoms with Crippen LogP contribution in [0.3, 0.4) is 0 Å². The number of fused-ring (bicyclic) bond motifs is 1. The van der Waals surface area contributed by atoms with Crippen LogP contribution >= 0.6 is 0 Å². The highest BCUT2D eigenvalue weighted by atomic mass is 16.2. The van der Waals surface area contributed by atoms with Crippen LogP contribution in [0.5, 0.6) is 0 Å². The highest BCUT2D eigenvalue weighted by molar-refractivity contribution is 5.77. The molecule has 0 aliphatic carbocycles. The number of imidazole rings is 1. The standard InChI is InChI=1S/C15H21N3O/c1-3-4-10-17(2)15(19)9-11-18-12-16-13-7-5-6-8-14(13)18/h5-8,12H,3-4,9-11H2,1-2H3. The summed E-state index contributed by atoms with van der Waals surface area (Å²) in [7, 11) is 1.88. The average Bonchev–Trinajstić information content (AvgIpc) is 2.85. The van der Waals surface area contributed by atoms with Crippen molar-refractivity contribution < 1.29 is 4.79 Å². The summed E-state index contributed by atoms with van der Waals surface area (Å²) in [4.78, 5) is 18.1. The van der Waals surface area contributed by atoms with Gasteiger partial charge in [-0.15, -0.1) is 0 Å². The topological polar surface area (TPSA) is 38.1 Å². The monoisotopic (exact) mass is 259 g/mol. The van der Waals surface area contributed by atoms with Gasteiger partial charge in [0.2, 0.25) is 5.91 Å². The van der Waals surface area contributed by atoms with Gasteiger partial charge in [0, 0.05) is 26.6 Å². The summed E-state index contributed by atoms with van der Waals surface area (Å²) in [6.45, 7) is 3.67. The molecule has 2 rings (SSSR count). The number of carbonyl (C=O) groups excluding carboxylic acids is 1. The zero-order valence-corrected chi connectivity index (χ0v) is 11.7. The first-order valence-corrected chi connectivity index (χ1v) is 6.86. The van der Waals surface area contributed by atoms with Crippen LogP contribution < -0.4 is 0 Å². The normalized spacial score (nSPS) is 10.8. The Hall–Kier alpha value is -1.84. The van der Waals surface area contributed by atoms with E-state index in [-0.39, 0.29) is 5.91 Å². The van der Waals surface area contributed by atoms with Crippen molar-refractivity contribution in [3.05, 3.63) is 30.6 Å². The van der Waals surface area contributed by atoms with Gasteiger partial charge in [0.15, 0.2) is 0 Å². The van der Waals surface area contributed by atoms with Gasteiger partial charge in [-0.05, 0) is 18.6 Å². The van der Waals surface area contributed by atoms with Crippen molar-refractivity contribution in [2.45, 2.75) is 32.7 Å². The third-order valence-corrected chi connectivity index (χ3v) is 3.37. The molecule has 0 aliphatic rings. The molecule has 0 unspecified atom stereocenters. The fourth-order valence-corrected chi connectivity index (χ4v) is 2.12. The summed E-state index contributed by atoms with van der Waals surface area (Å²) in [6, 6.07) is 7.99. The molecule has 0 spiro atoms. The summed E-state index contributed by atoms with van der Waals surface area (Å²) in [5, 5.41) is 0. The van der Waals surface area contributed by atoms with Crippen molar-refractivity contribution in [3.63, 3.8) is 0 Å². The van der Waals surface area contributed by atoms with Crippen LogP contribution in [-0.2, 0) is 11.3 Å². The van der Waals surface area contributed by atoms with E-state index in [9.17, 15) is 4.79 Å². The van der Waals surface area contributed by atoms with E-state index in [1.807, 2.05) is 47.1 Å². The predicted octanol–water partition coefficient (Wildman–Crippen LogP) is 2.68. The Morgan fingerprint density at radius 1 is 1.37 bits per heavy atom. The molecule has 4 nitrogen and oxygen atoms in total. The summed E-state index contributed by atoms with van der Waals surface area (Å²) < 4.78 is 2.04. The molecule has 1 heterocycles. The lowest BCUT2D eigenvalue weighted by Crippen LogP contribution is -2.28. The van der Waals surface area contributed by atoms with Gasteiger partial charge in [0.1, 0.15) is 0 Å². The van der Waals surface area contributed by atoms with Crippen molar-refractivity contribution >= 4 is 16.9 Å². The van der Waals surface area contributed by atoms with E-state index in [0.29, 0.717) is 13.0 Å². The maximum Gasteiger partial charge on any atom is 0.224 e. The third kappa shape index (κ3) is 3.34. The summed E-state index contributed by atoms with van der Waals surface area (Å²) >= 11 is 0. The van der Waals surface area contributed by atoms with Crippen molar-refractivity contribution in [1.29, 1.82) is 0 Å². The third-order valence-electron chi connectivity index (χ3n) is 3.37. The number of hydrogen-bond donors (Lipinski definition) is 0. The zero-order chi connectivity index (χ0) is 13.7. The van der Waals surface area contributed by atoms with Gasteiger partial charge in [0.05, 0.1) is 17.4 Å². The first-order chi connectivity index (χ1) is 9.22. The fourth-order valence-electron chi connectivity index (χ4n) is 2.12. The Bertz CT molecular complexity index is 547. The van der Waals surface area contributed by atoms with Crippen LogP contribution in [-0.4, -0.2) is 34.0 Å². The number of amides is 1. The second kappa shape index (κ2) is 6.36. The van der Waals surface area contributed by atoms with E-state index in [1.165, 1.54) is 0 Å². The molecule has 1 aromatic carbocycles. The van der Waals surface area contributed by atoms with Crippen molar-refractivity contribution in [1.82, 2.24) is 14.5 Å². The van der Waals surface area contributed by atoms with Gasteiger partial charge in [-0.1, -0.05) is 25.5 Å². The SMILES string of the molecule is CCCCN(C)C(=O)CCn1cnc2ccccc21. The summed E-state index contributed by atoms with van der Waals surface area (Å²) in [6.07, 6.45) is 4.52. The molecule has 0 radical (unpaired) electrons. The molecule has 102 valence electrons. The largest absolute Gasteiger partial charge is 0.346 e. The minimum Gasteiger partial charge on any atom is -0.346 e. The molecule has 0 fully saturated rings. The molecular formula is C15H21N3O. The van der Waals surface area contributed by atoms with E-state index >= 15 is 0 Å². The van der Waals surface area contributed by atoms with Gasteiger partial charge in [-0.2, -0.15) is 0 Å². The van der Waals surface area contributed by atoms with Crippen LogP contribution in [0.15, 0.2) is 30.6 Å². The zero-order valence-electron chi connectivity index (χ0n) is 11.7. The second-order valence-electron chi connectivity index (χ2n) is 4.85. The molecule has 0 bridgehead atoms. The molecule has 0 aliphatic heterocycles. The highest BCUT2D eigenvalue weighted by Crippen LogP contribution is 2.12. The van der Waals surface area contributed by atoms with Crippen molar-refractivity contribution in [2.24, 2.45) is 0 Å². The first kappa shape index (κ1) is 13.6. The van der Waals surface area contributed by atoms with E-state index in [4.69, 9.17) is 0 Å². The number of benzene rings is 1. The number of aryl methyl sites for hydroxylation is 1. The van der Waals surface area contributed by atoms with Crippen LogP contribution in [0.4, 0.5) is 0 Å². The van der Waals surface area contributed by atoms with Crippen LogP contribution in [0.2, 0.25) is 0 Å². The van der Waals surface area contributed by atoms with E-state index < -0.39 is 0 Å². The van der Waals surface area contributed by atoms with Gasteiger partial charge < -0.3 is 9.47 Å². The van der Waals surface area contributed by atoms with Crippen LogP contribution in [0.1, 0.15) is 26.2 Å². The molecule has 19 heavy (non-hydrogen) atoms. The van der Waals surface area contributed by atoms with E-state index in [1.54, 1.807) is 0 Å². The number of hydrogen-bond acceptors (Lipinski definition) is 2. The Balaban J connectivity index is 1.93. The second-order valence-corrected chi connectivity index (χ2v) is 4.85. The maximum atomic E-state index is 12.0. The van der Waals surface area contributed by atoms with Gasteiger partial charge >= 0.3 is 0 Å². The quantitative estimate of drug-likeness (QED) is 0.800. The van der Waals surface area contributed by atoms with Gasteiger partial charge in [-0.25, -0.2) is 4.98 Å². The molecule has 1 amide bonds. The molecule has 1 aromatic heterocycles. The summed E-state index contributed by atoms with van der Waals surface area (Å²) in [5.74, 6) is 0.200. The molecule has 0 atom stereocenters.